The molecule has 2 aromatic carbocycles. The Morgan fingerprint density at radius 3 is 2.32 bits per heavy atom. The first-order chi connectivity index (χ1) is 13.1. The second-order valence-electron chi connectivity index (χ2n) is 6.50. The summed E-state index contributed by atoms with van der Waals surface area (Å²) in [5, 5.41) is 3.25. The molecular formula is C20H22ClN3O3S. The van der Waals surface area contributed by atoms with Crippen molar-refractivity contribution in [2.45, 2.75) is 16.8 Å². The summed E-state index contributed by atoms with van der Waals surface area (Å²) in [4.78, 5) is 6.61. The molecule has 1 aliphatic heterocycles. The minimum absolute atomic E-state index is 0. The van der Waals surface area contributed by atoms with E-state index in [-0.39, 0.29) is 22.3 Å². The number of nitrogens with one attached hydrogen (secondary N) is 1. The molecule has 3 aromatic rings. The lowest BCUT2D eigenvalue weighted by atomic mass is 10.1. The number of oxazole rings is 1. The number of aromatic nitrogens is 1. The second-order valence-corrected chi connectivity index (χ2v) is 8.36. The van der Waals surface area contributed by atoms with Crippen molar-refractivity contribution in [3.8, 4) is 11.5 Å². The van der Waals surface area contributed by atoms with Gasteiger partial charge in [0.1, 0.15) is 0 Å². The molecule has 0 aliphatic carbocycles. The third kappa shape index (κ3) is 3.78. The number of aryl methyl sites for hydroxylation is 1. The molecule has 1 saturated heterocycles. The van der Waals surface area contributed by atoms with Crippen LogP contribution in [0.25, 0.3) is 11.5 Å². The van der Waals surface area contributed by atoms with E-state index >= 15 is 0 Å². The molecule has 8 heteroatoms. The standard InChI is InChI=1S/C20H21N3O3S.ClH/c1-15-7-5-6-10-17(15)18-22-19(20(26-18)23-13-11-21-12-14-23)27(24,25)16-8-3-2-4-9-16;/h2-10,21H,11-14H2,1H3;1H. The van der Waals surface area contributed by atoms with Gasteiger partial charge in [-0.1, -0.05) is 36.4 Å². The number of benzene rings is 2. The summed E-state index contributed by atoms with van der Waals surface area (Å²) in [6.07, 6.45) is 0. The van der Waals surface area contributed by atoms with Crippen molar-refractivity contribution in [3.05, 3.63) is 60.2 Å². The first-order valence-electron chi connectivity index (χ1n) is 8.90. The van der Waals surface area contributed by atoms with Crippen LogP contribution < -0.4 is 10.2 Å². The van der Waals surface area contributed by atoms with Crippen LogP contribution in [0.5, 0.6) is 0 Å². The van der Waals surface area contributed by atoms with Crippen LogP contribution in [0.1, 0.15) is 5.56 Å². The van der Waals surface area contributed by atoms with Gasteiger partial charge in [-0.25, -0.2) is 8.42 Å². The number of piperazine rings is 1. The Kier molecular flexibility index (Phi) is 6.07. The molecule has 148 valence electrons. The van der Waals surface area contributed by atoms with Crippen LogP contribution in [0.3, 0.4) is 0 Å². The average molecular weight is 420 g/mol. The fraction of sp³-hybridized carbons (Fsp3) is 0.250. The summed E-state index contributed by atoms with van der Waals surface area (Å²) in [5.41, 5.74) is 1.78. The molecule has 1 aromatic heterocycles. The zero-order chi connectivity index (χ0) is 18.9. The molecule has 0 atom stereocenters. The first kappa shape index (κ1) is 20.4. The second kappa shape index (κ2) is 8.34. The van der Waals surface area contributed by atoms with Crippen LogP contribution in [0.4, 0.5) is 5.88 Å². The van der Waals surface area contributed by atoms with Crippen LogP contribution in [0.2, 0.25) is 0 Å². The van der Waals surface area contributed by atoms with Gasteiger partial charge in [-0.2, -0.15) is 4.98 Å². The highest BCUT2D eigenvalue weighted by atomic mass is 35.5. The highest BCUT2D eigenvalue weighted by Gasteiger charge is 2.32. The number of rotatable bonds is 4. The lowest BCUT2D eigenvalue weighted by molar-refractivity contribution is 0.506. The molecule has 1 fully saturated rings. The first-order valence-corrected chi connectivity index (χ1v) is 10.4. The molecule has 0 saturated carbocycles. The van der Waals surface area contributed by atoms with Crippen molar-refractivity contribution >= 4 is 28.1 Å². The molecule has 1 aliphatic rings. The van der Waals surface area contributed by atoms with E-state index in [1.807, 2.05) is 36.1 Å². The Hall–Kier alpha value is -2.35. The van der Waals surface area contributed by atoms with E-state index in [9.17, 15) is 8.42 Å². The van der Waals surface area contributed by atoms with Crippen molar-refractivity contribution in [2.24, 2.45) is 0 Å². The number of anilines is 1. The third-order valence-corrected chi connectivity index (χ3v) is 6.33. The van der Waals surface area contributed by atoms with Gasteiger partial charge in [-0.05, 0) is 30.7 Å². The van der Waals surface area contributed by atoms with E-state index in [4.69, 9.17) is 4.42 Å². The van der Waals surface area contributed by atoms with Crippen molar-refractivity contribution < 1.29 is 12.8 Å². The lowest BCUT2D eigenvalue weighted by Gasteiger charge is -2.27. The fourth-order valence-corrected chi connectivity index (χ4v) is 4.52. The zero-order valence-electron chi connectivity index (χ0n) is 15.5. The van der Waals surface area contributed by atoms with Crippen molar-refractivity contribution in [1.29, 1.82) is 0 Å². The summed E-state index contributed by atoms with van der Waals surface area (Å²) in [6, 6.07) is 16.0. The highest BCUT2D eigenvalue weighted by Crippen LogP contribution is 2.35. The van der Waals surface area contributed by atoms with Gasteiger partial charge >= 0.3 is 0 Å². The molecule has 1 N–H and O–H groups in total. The fourth-order valence-electron chi connectivity index (χ4n) is 3.18. The molecule has 4 rings (SSSR count). The van der Waals surface area contributed by atoms with Gasteiger partial charge in [-0.3, -0.25) is 0 Å². The number of hydrogen-bond donors (Lipinski definition) is 1. The highest BCUT2D eigenvalue weighted by molar-refractivity contribution is 7.91. The third-order valence-electron chi connectivity index (χ3n) is 4.67. The van der Waals surface area contributed by atoms with Gasteiger partial charge in [0, 0.05) is 31.7 Å². The normalized spacial score (nSPS) is 14.5. The van der Waals surface area contributed by atoms with Crippen molar-refractivity contribution in [2.75, 3.05) is 31.1 Å². The minimum atomic E-state index is -3.79. The van der Waals surface area contributed by atoms with Gasteiger partial charge in [0.15, 0.2) is 0 Å². The van der Waals surface area contributed by atoms with E-state index in [0.29, 0.717) is 24.9 Å². The quantitative estimate of drug-likeness (QED) is 0.699. The summed E-state index contributed by atoms with van der Waals surface area (Å²) < 4.78 is 32.6. The number of halogens is 1. The van der Waals surface area contributed by atoms with Gasteiger partial charge in [0.25, 0.3) is 0 Å². The predicted octanol–water partition coefficient (Wildman–Crippen LogP) is 3.31. The average Bonchev–Trinajstić information content (AvgIpc) is 3.16. The van der Waals surface area contributed by atoms with Gasteiger partial charge in [0.05, 0.1) is 4.90 Å². The minimum Gasteiger partial charge on any atom is -0.419 e. The van der Waals surface area contributed by atoms with Crippen LogP contribution in [-0.2, 0) is 9.84 Å². The number of nitrogens with zero attached hydrogens (tertiary/aromatic N) is 2. The monoisotopic (exact) mass is 419 g/mol. The van der Waals surface area contributed by atoms with Crippen LogP contribution in [0, 0.1) is 6.92 Å². The summed E-state index contributed by atoms with van der Waals surface area (Å²) in [6.45, 7) is 4.82. The maximum atomic E-state index is 13.3. The van der Waals surface area contributed by atoms with Crippen molar-refractivity contribution in [3.63, 3.8) is 0 Å². The van der Waals surface area contributed by atoms with Crippen molar-refractivity contribution in [1.82, 2.24) is 10.3 Å². The van der Waals surface area contributed by atoms with E-state index in [1.54, 1.807) is 30.3 Å². The number of sulfone groups is 1. The lowest BCUT2D eigenvalue weighted by Crippen LogP contribution is -2.43. The smallest absolute Gasteiger partial charge is 0.236 e. The molecular weight excluding hydrogens is 398 g/mol. The summed E-state index contributed by atoms with van der Waals surface area (Å²) in [5.74, 6) is 0.648. The molecule has 0 radical (unpaired) electrons. The van der Waals surface area contributed by atoms with Gasteiger partial charge in [-0.15, -0.1) is 12.4 Å². The Balaban J connectivity index is 0.00000225. The Morgan fingerprint density at radius 1 is 1.00 bits per heavy atom. The van der Waals surface area contributed by atoms with E-state index < -0.39 is 9.84 Å². The Labute approximate surface area is 170 Å². The molecule has 0 unspecified atom stereocenters. The number of hydrogen-bond acceptors (Lipinski definition) is 6. The van der Waals surface area contributed by atoms with Crippen LogP contribution >= 0.6 is 12.4 Å². The molecule has 28 heavy (non-hydrogen) atoms. The molecule has 0 spiro atoms. The van der Waals surface area contributed by atoms with Gasteiger partial charge < -0.3 is 14.6 Å². The SMILES string of the molecule is Cc1ccccc1-c1nc(S(=O)(=O)c2ccccc2)c(N2CCNCC2)o1.Cl. The van der Waals surface area contributed by atoms with Gasteiger partial charge in [0.2, 0.25) is 26.6 Å². The predicted molar refractivity (Wildman–Crippen MR) is 111 cm³/mol. The summed E-state index contributed by atoms with van der Waals surface area (Å²) >= 11 is 0. The topological polar surface area (TPSA) is 75.4 Å². The summed E-state index contributed by atoms with van der Waals surface area (Å²) in [7, 11) is -3.79. The maximum absolute atomic E-state index is 13.3. The zero-order valence-corrected chi connectivity index (χ0v) is 17.1. The molecule has 0 amide bonds. The Morgan fingerprint density at radius 2 is 1.64 bits per heavy atom. The molecule has 2 heterocycles. The van der Waals surface area contributed by atoms with E-state index in [1.165, 1.54) is 0 Å². The van der Waals surface area contributed by atoms with E-state index in [2.05, 4.69) is 10.3 Å². The van der Waals surface area contributed by atoms with E-state index in [0.717, 1.165) is 24.2 Å². The van der Waals surface area contributed by atoms with Crippen LogP contribution in [-0.4, -0.2) is 39.6 Å². The Bertz CT molecular complexity index is 1050. The van der Waals surface area contributed by atoms with Crippen LogP contribution in [0.15, 0.2) is 68.9 Å². The molecule has 0 bridgehead atoms. The largest absolute Gasteiger partial charge is 0.419 e. The maximum Gasteiger partial charge on any atom is 0.236 e. The molecule has 6 nitrogen and oxygen atoms in total.